The van der Waals surface area contributed by atoms with Gasteiger partial charge in [0.25, 0.3) is 0 Å². The van der Waals surface area contributed by atoms with Gasteiger partial charge in [-0.05, 0) is 29.8 Å². The van der Waals surface area contributed by atoms with E-state index in [1.54, 1.807) is 19.2 Å². The van der Waals surface area contributed by atoms with Crippen molar-refractivity contribution in [3.8, 4) is 0 Å². The summed E-state index contributed by atoms with van der Waals surface area (Å²) >= 11 is 3.41. The number of carbonyl (C=O) groups excluding carboxylic acids is 2. The minimum Gasteiger partial charge on any atom is -0.344 e. The Hall–Kier alpha value is -2.21. The zero-order chi connectivity index (χ0) is 17.3. The summed E-state index contributed by atoms with van der Waals surface area (Å²) < 4.78 is 14.7. The topological polar surface area (TPSA) is 49.4 Å². The van der Waals surface area contributed by atoms with Gasteiger partial charge in [0.15, 0.2) is 0 Å². The minimum atomic E-state index is -0.871. The van der Waals surface area contributed by atoms with Crippen LogP contribution in [0.2, 0.25) is 0 Å². The number of nitrogens with one attached hydrogen (secondary N) is 1. The van der Waals surface area contributed by atoms with E-state index in [0.29, 0.717) is 6.54 Å². The molecule has 2 aromatic carbocycles. The van der Waals surface area contributed by atoms with Gasteiger partial charge in [0.1, 0.15) is 11.7 Å². The molecule has 0 saturated carbocycles. The third-order valence-corrected chi connectivity index (χ3v) is 4.70. The Morgan fingerprint density at radius 1 is 1.25 bits per heavy atom. The average molecular weight is 391 g/mol. The number of amides is 2. The number of carbonyl (C=O) groups is 2. The monoisotopic (exact) mass is 390 g/mol. The summed E-state index contributed by atoms with van der Waals surface area (Å²) in [7, 11) is 1.67. The van der Waals surface area contributed by atoms with Crippen LogP contribution in [-0.4, -0.2) is 30.3 Å². The van der Waals surface area contributed by atoms with Gasteiger partial charge >= 0.3 is 0 Å². The fraction of sp³-hybridized carbons (Fsp3) is 0.222. The zero-order valence-corrected chi connectivity index (χ0v) is 14.6. The van der Waals surface area contributed by atoms with Gasteiger partial charge in [-0.1, -0.05) is 40.2 Å². The molecule has 24 heavy (non-hydrogen) atoms. The highest BCUT2D eigenvalue weighted by Crippen LogP contribution is 2.35. The van der Waals surface area contributed by atoms with Crippen LogP contribution in [0, 0.1) is 11.7 Å². The first-order chi connectivity index (χ1) is 11.5. The molecule has 4 nitrogen and oxygen atoms in total. The summed E-state index contributed by atoms with van der Waals surface area (Å²) in [6.45, 7) is 0.449. The second-order valence-electron chi connectivity index (χ2n) is 5.83. The van der Waals surface area contributed by atoms with Gasteiger partial charge in [0, 0.05) is 24.0 Å². The van der Waals surface area contributed by atoms with Crippen molar-refractivity contribution in [2.45, 2.75) is 5.92 Å². The van der Waals surface area contributed by atoms with E-state index in [4.69, 9.17) is 0 Å². The summed E-state index contributed by atoms with van der Waals surface area (Å²) in [6.07, 6.45) is 0. The molecule has 124 valence electrons. The van der Waals surface area contributed by atoms with Crippen molar-refractivity contribution in [2.24, 2.45) is 5.92 Å². The second kappa shape index (κ2) is 6.73. The Morgan fingerprint density at radius 3 is 2.71 bits per heavy atom. The van der Waals surface area contributed by atoms with Crippen molar-refractivity contribution >= 4 is 33.4 Å². The average Bonchev–Trinajstić information content (AvgIpc) is 2.85. The number of para-hydroxylation sites is 1. The highest BCUT2D eigenvalue weighted by Gasteiger charge is 2.44. The lowest BCUT2D eigenvalue weighted by molar-refractivity contribution is -0.135. The van der Waals surface area contributed by atoms with E-state index in [-0.39, 0.29) is 17.5 Å². The summed E-state index contributed by atoms with van der Waals surface area (Å²) in [4.78, 5) is 26.6. The molecule has 1 aliphatic rings. The van der Waals surface area contributed by atoms with Crippen LogP contribution in [0.4, 0.5) is 10.1 Å². The van der Waals surface area contributed by atoms with Crippen molar-refractivity contribution in [1.82, 2.24) is 4.90 Å². The number of halogens is 2. The van der Waals surface area contributed by atoms with Crippen molar-refractivity contribution < 1.29 is 14.0 Å². The molecule has 0 spiro atoms. The Labute approximate surface area is 147 Å². The van der Waals surface area contributed by atoms with Gasteiger partial charge in [-0.3, -0.25) is 9.59 Å². The number of hydrogen-bond acceptors (Lipinski definition) is 2. The molecule has 0 aliphatic carbocycles. The van der Waals surface area contributed by atoms with Crippen molar-refractivity contribution in [2.75, 3.05) is 18.9 Å². The van der Waals surface area contributed by atoms with Crippen LogP contribution in [0.25, 0.3) is 0 Å². The van der Waals surface area contributed by atoms with E-state index < -0.39 is 17.6 Å². The Morgan fingerprint density at radius 2 is 2.00 bits per heavy atom. The van der Waals surface area contributed by atoms with Gasteiger partial charge in [0.2, 0.25) is 11.8 Å². The number of nitrogens with zero attached hydrogens (tertiary/aromatic N) is 1. The van der Waals surface area contributed by atoms with Crippen LogP contribution in [0.3, 0.4) is 0 Å². The summed E-state index contributed by atoms with van der Waals surface area (Å²) in [5.41, 5.74) is 0.980. The van der Waals surface area contributed by atoms with E-state index in [1.807, 2.05) is 24.3 Å². The maximum Gasteiger partial charge on any atom is 0.237 e. The highest BCUT2D eigenvalue weighted by atomic mass is 79.9. The number of likely N-dealkylation sites (N-methyl/N-ethyl adjacent to an activating group) is 1. The van der Waals surface area contributed by atoms with Crippen molar-refractivity contribution in [3.63, 3.8) is 0 Å². The Kier molecular flexibility index (Phi) is 4.66. The van der Waals surface area contributed by atoms with E-state index in [2.05, 4.69) is 21.2 Å². The lowest BCUT2D eigenvalue weighted by Gasteiger charge is -2.17. The standard InChI is InChI=1S/C18H16BrFN2O2/c1-22-10-13(11-5-4-6-12(19)9-11)16(18(22)24)17(23)21-15-8-3-2-7-14(15)20/h2-9,13,16H,10H2,1H3,(H,21,23). The van der Waals surface area contributed by atoms with Crippen LogP contribution in [-0.2, 0) is 9.59 Å². The largest absolute Gasteiger partial charge is 0.344 e. The summed E-state index contributed by atoms with van der Waals surface area (Å²) in [5.74, 6) is -2.41. The first-order valence-electron chi connectivity index (χ1n) is 7.53. The predicted molar refractivity (Wildman–Crippen MR) is 93.0 cm³/mol. The maximum atomic E-state index is 13.8. The van der Waals surface area contributed by atoms with E-state index in [0.717, 1.165) is 10.0 Å². The van der Waals surface area contributed by atoms with Gasteiger partial charge in [-0.2, -0.15) is 0 Å². The molecule has 1 heterocycles. The number of hydrogen-bond donors (Lipinski definition) is 1. The first-order valence-corrected chi connectivity index (χ1v) is 8.32. The Bertz CT molecular complexity index is 796. The minimum absolute atomic E-state index is 0.0813. The van der Waals surface area contributed by atoms with Crippen LogP contribution >= 0.6 is 15.9 Å². The van der Waals surface area contributed by atoms with Gasteiger partial charge in [0.05, 0.1) is 5.69 Å². The molecule has 0 bridgehead atoms. The predicted octanol–water partition coefficient (Wildman–Crippen LogP) is 3.40. The molecule has 1 aliphatic heterocycles. The highest BCUT2D eigenvalue weighted by molar-refractivity contribution is 9.10. The second-order valence-corrected chi connectivity index (χ2v) is 6.74. The number of rotatable bonds is 3. The van der Waals surface area contributed by atoms with Crippen LogP contribution < -0.4 is 5.32 Å². The molecular formula is C18H16BrFN2O2. The summed E-state index contributed by atoms with van der Waals surface area (Å²) in [6, 6.07) is 13.5. The molecule has 2 amide bonds. The number of benzene rings is 2. The zero-order valence-electron chi connectivity index (χ0n) is 13.0. The van der Waals surface area contributed by atoms with Crippen LogP contribution in [0.5, 0.6) is 0 Å². The fourth-order valence-electron chi connectivity index (χ4n) is 3.00. The molecule has 1 saturated heterocycles. The molecule has 0 radical (unpaired) electrons. The van der Waals surface area contributed by atoms with E-state index in [1.165, 1.54) is 17.0 Å². The Balaban J connectivity index is 1.89. The van der Waals surface area contributed by atoms with Crippen molar-refractivity contribution in [1.29, 1.82) is 0 Å². The molecule has 1 fully saturated rings. The van der Waals surface area contributed by atoms with Gasteiger partial charge in [-0.15, -0.1) is 0 Å². The molecule has 1 N–H and O–H groups in total. The molecule has 2 unspecified atom stereocenters. The molecule has 2 atom stereocenters. The first kappa shape index (κ1) is 16.6. The van der Waals surface area contributed by atoms with E-state index >= 15 is 0 Å². The fourth-order valence-corrected chi connectivity index (χ4v) is 3.42. The lowest BCUT2D eigenvalue weighted by Crippen LogP contribution is -2.33. The van der Waals surface area contributed by atoms with Gasteiger partial charge in [-0.25, -0.2) is 4.39 Å². The van der Waals surface area contributed by atoms with Crippen LogP contribution in [0.15, 0.2) is 53.0 Å². The van der Waals surface area contributed by atoms with E-state index in [9.17, 15) is 14.0 Å². The third-order valence-electron chi connectivity index (χ3n) is 4.21. The molecule has 0 aromatic heterocycles. The third kappa shape index (κ3) is 3.19. The number of anilines is 1. The maximum absolute atomic E-state index is 13.8. The summed E-state index contributed by atoms with van der Waals surface area (Å²) in [5, 5.41) is 2.54. The van der Waals surface area contributed by atoms with Crippen LogP contribution in [0.1, 0.15) is 11.5 Å². The molecule has 2 aromatic rings. The smallest absolute Gasteiger partial charge is 0.237 e. The van der Waals surface area contributed by atoms with Gasteiger partial charge < -0.3 is 10.2 Å². The molecule has 3 rings (SSSR count). The lowest BCUT2D eigenvalue weighted by atomic mass is 9.88. The van der Waals surface area contributed by atoms with Crippen molar-refractivity contribution in [3.05, 3.63) is 64.4 Å². The quantitative estimate of drug-likeness (QED) is 0.816. The SMILES string of the molecule is CN1CC(c2cccc(Br)c2)C(C(=O)Nc2ccccc2F)C1=O. The number of likely N-dealkylation sites (tertiary alicyclic amines) is 1. The molecular weight excluding hydrogens is 375 g/mol. The normalized spacial score (nSPS) is 20.3. The molecule has 6 heteroatoms.